The first kappa shape index (κ1) is 15.9. The molecule has 1 saturated heterocycles. The van der Waals surface area contributed by atoms with E-state index in [1.54, 1.807) is 0 Å². The highest BCUT2D eigenvalue weighted by molar-refractivity contribution is 5.86. The maximum Gasteiger partial charge on any atom is 0.101 e. The summed E-state index contributed by atoms with van der Waals surface area (Å²) < 4.78 is 6.51. The monoisotopic (exact) mass is 320 g/mol. The zero-order valence-corrected chi connectivity index (χ0v) is 15.1. The molecule has 1 nitrogen and oxygen atoms in total. The highest BCUT2D eigenvalue weighted by Crippen LogP contribution is 2.57. The van der Waals surface area contributed by atoms with E-state index >= 15 is 0 Å². The summed E-state index contributed by atoms with van der Waals surface area (Å²) >= 11 is 0. The van der Waals surface area contributed by atoms with E-state index in [9.17, 15) is 0 Å². The van der Waals surface area contributed by atoms with Crippen molar-refractivity contribution >= 4 is 10.8 Å². The molecule has 0 aromatic heterocycles. The van der Waals surface area contributed by atoms with Gasteiger partial charge >= 0.3 is 0 Å². The molecule has 1 aliphatic heterocycles. The van der Waals surface area contributed by atoms with Gasteiger partial charge in [0.1, 0.15) is 5.60 Å². The van der Waals surface area contributed by atoms with Gasteiger partial charge in [-0.15, -0.1) is 0 Å². The van der Waals surface area contributed by atoms with Crippen molar-refractivity contribution in [3.05, 3.63) is 60.2 Å². The smallest absolute Gasteiger partial charge is 0.101 e. The Hall–Kier alpha value is -1.60. The minimum absolute atomic E-state index is 0.167. The van der Waals surface area contributed by atoms with Crippen LogP contribution in [-0.4, -0.2) is 6.61 Å². The summed E-state index contributed by atoms with van der Waals surface area (Å²) in [7, 11) is 0. The second-order valence-electron chi connectivity index (χ2n) is 8.75. The van der Waals surface area contributed by atoms with Crippen molar-refractivity contribution in [2.45, 2.75) is 45.6 Å². The Morgan fingerprint density at radius 2 is 1.83 bits per heavy atom. The fraction of sp³-hybridized carbons (Fsp3) is 0.478. The number of hydrogen-bond donors (Lipinski definition) is 0. The molecule has 2 aliphatic rings. The fourth-order valence-corrected chi connectivity index (χ4v) is 4.93. The molecule has 2 fully saturated rings. The van der Waals surface area contributed by atoms with Crippen molar-refractivity contribution in [3.63, 3.8) is 0 Å². The molecule has 2 aromatic rings. The second-order valence-corrected chi connectivity index (χ2v) is 8.75. The molecule has 126 valence electrons. The van der Waals surface area contributed by atoms with Crippen LogP contribution in [0.2, 0.25) is 0 Å². The van der Waals surface area contributed by atoms with Crippen LogP contribution < -0.4 is 0 Å². The van der Waals surface area contributed by atoms with Crippen LogP contribution in [0.15, 0.2) is 54.6 Å². The summed E-state index contributed by atoms with van der Waals surface area (Å²) in [4.78, 5) is 0. The molecule has 1 heteroatoms. The third kappa shape index (κ3) is 2.33. The van der Waals surface area contributed by atoms with Crippen molar-refractivity contribution in [1.29, 1.82) is 0 Å². The topological polar surface area (TPSA) is 9.23 Å². The first-order chi connectivity index (χ1) is 11.4. The molecular formula is C23H28O. The number of benzene rings is 2. The lowest BCUT2D eigenvalue weighted by Gasteiger charge is -2.46. The second kappa shape index (κ2) is 5.46. The van der Waals surface area contributed by atoms with E-state index in [-0.39, 0.29) is 5.60 Å². The molecule has 0 radical (unpaired) electrons. The van der Waals surface area contributed by atoms with E-state index in [4.69, 9.17) is 4.74 Å². The van der Waals surface area contributed by atoms with Gasteiger partial charge in [0.15, 0.2) is 0 Å². The van der Waals surface area contributed by atoms with Crippen molar-refractivity contribution in [3.8, 4) is 0 Å². The van der Waals surface area contributed by atoms with E-state index in [0.717, 1.165) is 12.3 Å². The fourth-order valence-electron chi connectivity index (χ4n) is 4.93. The van der Waals surface area contributed by atoms with Crippen LogP contribution in [0.5, 0.6) is 0 Å². The molecular weight excluding hydrogens is 292 g/mol. The average molecular weight is 320 g/mol. The Labute approximate surface area is 145 Å². The van der Waals surface area contributed by atoms with Gasteiger partial charge in [0.25, 0.3) is 0 Å². The summed E-state index contributed by atoms with van der Waals surface area (Å²) in [5.41, 5.74) is 2.85. The molecule has 0 N–H and O–H groups in total. The molecule has 24 heavy (non-hydrogen) atoms. The van der Waals surface area contributed by atoms with Crippen LogP contribution in [0.25, 0.3) is 10.8 Å². The quantitative estimate of drug-likeness (QED) is 0.578. The van der Waals surface area contributed by atoms with Crippen LogP contribution in [0.4, 0.5) is 0 Å². The molecule has 0 amide bonds. The summed E-state index contributed by atoms with van der Waals surface area (Å²) in [6.07, 6.45) is 3.54. The summed E-state index contributed by atoms with van der Waals surface area (Å²) in [6, 6.07) is 15.4. The summed E-state index contributed by atoms with van der Waals surface area (Å²) in [6.45, 7) is 12.2. The van der Waals surface area contributed by atoms with Crippen LogP contribution in [-0.2, 0) is 10.3 Å². The van der Waals surface area contributed by atoms with Gasteiger partial charge in [-0.3, -0.25) is 0 Å². The molecule has 0 unspecified atom stereocenters. The zero-order valence-electron chi connectivity index (χ0n) is 15.1. The Morgan fingerprint density at radius 1 is 1.08 bits per heavy atom. The molecule has 4 rings (SSSR count). The van der Waals surface area contributed by atoms with E-state index in [0.29, 0.717) is 17.9 Å². The normalized spacial score (nSPS) is 30.5. The lowest BCUT2D eigenvalue weighted by atomic mass is 9.61. The first-order valence-corrected chi connectivity index (χ1v) is 9.22. The highest BCUT2D eigenvalue weighted by atomic mass is 16.5. The first-order valence-electron chi connectivity index (χ1n) is 9.22. The Bertz CT molecular complexity index is 777. The molecule has 1 saturated carbocycles. The van der Waals surface area contributed by atoms with Crippen molar-refractivity contribution in [2.24, 2.45) is 17.3 Å². The van der Waals surface area contributed by atoms with Gasteiger partial charge in [-0.25, -0.2) is 0 Å². The number of fused-ring (bicyclic) bond motifs is 2. The third-order valence-corrected chi connectivity index (χ3v) is 6.43. The van der Waals surface area contributed by atoms with Crippen molar-refractivity contribution in [1.82, 2.24) is 0 Å². The molecule has 0 bridgehead atoms. The van der Waals surface area contributed by atoms with Gasteiger partial charge in [0.05, 0.1) is 6.61 Å². The van der Waals surface area contributed by atoms with Gasteiger partial charge in [-0.1, -0.05) is 69.8 Å². The van der Waals surface area contributed by atoms with E-state index in [1.165, 1.54) is 34.8 Å². The van der Waals surface area contributed by atoms with Gasteiger partial charge < -0.3 is 4.74 Å². The average Bonchev–Trinajstić information content (AvgIpc) is 2.91. The summed E-state index contributed by atoms with van der Waals surface area (Å²) in [5, 5.41) is 2.65. The SMILES string of the molecule is C=C1CO[C@@]2(c3cccc4ccccc34)CC[C@@H](C(C)(C)C)C[C@@H]12. The molecule has 3 atom stereocenters. The van der Waals surface area contributed by atoms with E-state index < -0.39 is 0 Å². The Balaban J connectivity index is 1.82. The van der Waals surface area contributed by atoms with Gasteiger partial charge in [0, 0.05) is 5.92 Å². The standard InChI is InChI=1S/C23H28O/c1-16-15-24-23(13-12-18(14-21(16)23)22(2,3)4)20-11-7-9-17-8-5-6-10-19(17)20/h5-11,18,21H,1,12-15H2,2-4H3/t18-,21+,23-/m1/s1. The largest absolute Gasteiger partial charge is 0.365 e. The van der Waals surface area contributed by atoms with Crippen LogP contribution in [0.3, 0.4) is 0 Å². The number of rotatable bonds is 1. The lowest BCUT2D eigenvalue weighted by Crippen LogP contribution is -2.41. The van der Waals surface area contributed by atoms with E-state index in [2.05, 4.69) is 69.8 Å². The number of hydrogen-bond acceptors (Lipinski definition) is 1. The Kier molecular flexibility index (Phi) is 3.61. The minimum atomic E-state index is -0.167. The Morgan fingerprint density at radius 3 is 2.62 bits per heavy atom. The third-order valence-electron chi connectivity index (χ3n) is 6.43. The highest BCUT2D eigenvalue weighted by Gasteiger charge is 2.52. The maximum absolute atomic E-state index is 6.51. The lowest BCUT2D eigenvalue weighted by molar-refractivity contribution is -0.0704. The molecule has 1 heterocycles. The minimum Gasteiger partial charge on any atom is -0.365 e. The predicted octanol–water partition coefficient (Wildman–Crippen LogP) is 6.08. The van der Waals surface area contributed by atoms with Crippen LogP contribution in [0.1, 0.15) is 45.6 Å². The zero-order chi connectivity index (χ0) is 16.9. The van der Waals surface area contributed by atoms with Crippen LogP contribution >= 0.6 is 0 Å². The van der Waals surface area contributed by atoms with Gasteiger partial charge in [-0.2, -0.15) is 0 Å². The van der Waals surface area contributed by atoms with Crippen LogP contribution in [0, 0.1) is 17.3 Å². The molecule has 0 spiro atoms. The molecule has 2 aromatic carbocycles. The van der Waals surface area contributed by atoms with E-state index in [1.807, 2.05) is 0 Å². The summed E-state index contributed by atoms with van der Waals surface area (Å²) in [5.74, 6) is 1.19. The van der Waals surface area contributed by atoms with Gasteiger partial charge in [0.2, 0.25) is 0 Å². The van der Waals surface area contributed by atoms with Gasteiger partial charge in [-0.05, 0) is 52.5 Å². The predicted molar refractivity (Wildman–Crippen MR) is 101 cm³/mol. The van der Waals surface area contributed by atoms with Crippen molar-refractivity contribution in [2.75, 3.05) is 6.61 Å². The molecule has 1 aliphatic carbocycles. The van der Waals surface area contributed by atoms with Crippen molar-refractivity contribution < 1.29 is 4.74 Å². The number of ether oxygens (including phenoxy) is 1. The maximum atomic E-state index is 6.51.